The summed E-state index contributed by atoms with van der Waals surface area (Å²) in [6, 6.07) is 6.16. The smallest absolute Gasteiger partial charge is 0.224 e. The fourth-order valence-corrected chi connectivity index (χ4v) is 2.78. The molecule has 0 atom stereocenters. The molecule has 1 fully saturated rings. The van der Waals surface area contributed by atoms with Gasteiger partial charge in [-0.2, -0.15) is 0 Å². The maximum absolute atomic E-state index is 12.0. The molecule has 3 nitrogen and oxygen atoms in total. The maximum atomic E-state index is 12.0. The van der Waals surface area contributed by atoms with E-state index in [1.807, 2.05) is 12.1 Å². The Labute approximate surface area is 115 Å². The molecule has 2 rings (SSSR count). The Kier molecular flexibility index (Phi) is 4.97. The molecule has 104 valence electrons. The molecule has 3 heteroatoms. The Bertz CT molecular complexity index is 416. The van der Waals surface area contributed by atoms with E-state index < -0.39 is 0 Å². The van der Waals surface area contributed by atoms with Crippen LogP contribution in [0, 0.1) is 19.8 Å². The summed E-state index contributed by atoms with van der Waals surface area (Å²) in [5.41, 5.74) is 3.30. The number of amides is 1. The van der Waals surface area contributed by atoms with Crippen LogP contribution >= 0.6 is 0 Å². The number of nitrogens with one attached hydrogen (secondary N) is 2. The number of aryl methyl sites for hydroxylation is 2. The van der Waals surface area contributed by atoms with E-state index in [2.05, 4.69) is 30.5 Å². The number of piperidine rings is 1. The SMILES string of the molecule is Cc1cc(C)cc(NC(=O)CCC2CCNCC2)c1. The number of benzene rings is 1. The van der Waals surface area contributed by atoms with Gasteiger partial charge in [-0.3, -0.25) is 4.79 Å². The van der Waals surface area contributed by atoms with Crippen molar-refractivity contribution in [3.8, 4) is 0 Å². The summed E-state index contributed by atoms with van der Waals surface area (Å²) in [6.45, 7) is 6.31. The summed E-state index contributed by atoms with van der Waals surface area (Å²) in [5.74, 6) is 0.856. The number of carbonyl (C=O) groups is 1. The molecule has 1 aromatic carbocycles. The lowest BCUT2D eigenvalue weighted by Crippen LogP contribution is -2.28. The first-order valence-corrected chi connectivity index (χ1v) is 7.22. The molecule has 0 bridgehead atoms. The van der Waals surface area contributed by atoms with Gasteiger partial charge in [-0.1, -0.05) is 6.07 Å². The minimum absolute atomic E-state index is 0.142. The van der Waals surface area contributed by atoms with E-state index in [0.29, 0.717) is 12.3 Å². The third-order valence-electron chi connectivity index (χ3n) is 3.74. The second kappa shape index (κ2) is 6.71. The topological polar surface area (TPSA) is 41.1 Å². The van der Waals surface area contributed by atoms with Crippen LogP contribution < -0.4 is 10.6 Å². The third kappa shape index (κ3) is 4.67. The van der Waals surface area contributed by atoms with Crippen LogP contribution in [0.25, 0.3) is 0 Å². The van der Waals surface area contributed by atoms with Crippen molar-refractivity contribution >= 4 is 11.6 Å². The van der Waals surface area contributed by atoms with Crippen LogP contribution in [0.15, 0.2) is 18.2 Å². The number of hydrogen-bond acceptors (Lipinski definition) is 2. The summed E-state index contributed by atoms with van der Waals surface area (Å²) in [6.07, 6.45) is 4.06. The van der Waals surface area contributed by atoms with Crippen molar-refractivity contribution in [2.24, 2.45) is 5.92 Å². The van der Waals surface area contributed by atoms with Crippen LogP contribution in [0.4, 0.5) is 5.69 Å². The average molecular weight is 260 g/mol. The van der Waals surface area contributed by atoms with E-state index in [0.717, 1.165) is 25.2 Å². The van der Waals surface area contributed by atoms with Gasteiger partial charge < -0.3 is 10.6 Å². The highest BCUT2D eigenvalue weighted by atomic mass is 16.1. The molecule has 1 aliphatic heterocycles. The summed E-state index contributed by atoms with van der Waals surface area (Å²) < 4.78 is 0. The Morgan fingerprint density at radius 3 is 2.47 bits per heavy atom. The van der Waals surface area contributed by atoms with E-state index in [-0.39, 0.29) is 5.91 Å². The zero-order valence-corrected chi connectivity index (χ0v) is 12.0. The van der Waals surface area contributed by atoms with E-state index in [4.69, 9.17) is 0 Å². The molecule has 1 heterocycles. The monoisotopic (exact) mass is 260 g/mol. The molecule has 0 radical (unpaired) electrons. The van der Waals surface area contributed by atoms with Crippen LogP contribution in [0.3, 0.4) is 0 Å². The molecular weight excluding hydrogens is 236 g/mol. The van der Waals surface area contributed by atoms with Gasteiger partial charge in [0.25, 0.3) is 0 Å². The van der Waals surface area contributed by atoms with E-state index in [1.165, 1.54) is 24.0 Å². The first-order chi connectivity index (χ1) is 9.13. The van der Waals surface area contributed by atoms with Gasteiger partial charge >= 0.3 is 0 Å². The molecule has 0 aromatic heterocycles. The first-order valence-electron chi connectivity index (χ1n) is 7.22. The van der Waals surface area contributed by atoms with Crippen molar-refractivity contribution in [3.05, 3.63) is 29.3 Å². The van der Waals surface area contributed by atoms with Crippen molar-refractivity contribution in [3.63, 3.8) is 0 Å². The highest BCUT2D eigenvalue weighted by Crippen LogP contribution is 2.19. The van der Waals surface area contributed by atoms with Crippen LogP contribution in [0.5, 0.6) is 0 Å². The van der Waals surface area contributed by atoms with Crippen molar-refractivity contribution in [1.29, 1.82) is 0 Å². The molecule has 0 aliphatic carbocycles. The van der Waals surface area contributed by atoms with E-state index >= 15 is 0 Å². The van der Waals surface area contributed by atoms with Gasteiger partial charge in [0.05, 0.1) is 0 Å². The summed E-state index contributed by atoms with van der Waals surface area (Å²) in [4.78, 5) is 12.0. The normalized spacial score (nSPS) is 16.3. The maximum Gasteiger partial charge on any atom is 0.224 e. The molecule has 1 aromatic rings. The van der Waals surface area contributed by atoms with Crippen molar-refractivity contribution < 1.29 is 4.79 Å². The van der Waals surface area contributed by atoms with Gasteiger partial charge in [-0.15, -0.1) is 0 Å². The zero-order valence-electron chi connectivity index (χ0n) is 12.0. The van der Waals surface area contributed by atoms with Crippen LogP contribution in [-0.2, 0) is 4.79 Å². The predicted molar refractivity (Wildman–Crippen MR) is 79.4 cm³/mol. The Morgan fingerprint density at radius 2 is 1.84 bits per heavy atom. The van der Waals surface area contributed by atoms with Crippen LogP contribution in [-0.4, -0.2) is 19.0 Å². The van der Waals surface area contributed by atoms with Gasteiger partial charge in [0.1, 0.15) is 0 Å². The van der Waals surface area contributed by atoms with Crippen LogP contribution in [0.2, 0.25) is 0 Å². The van der Waals surface area contributed by atoms with Gasteiger partial charge in [0, 0.05) is 12.1 Å². The highest BCUT2D eigenvalue weighted by Gasteiger charge is 2.14. The largest absolute Gasteiger partial charge is 0.326 e. The molecule has 19 heavy (non-hydrogen) atoms. The molecule has 1 aliphatic rings. The molecule has 1 saturated heterocycles. The van der Waals surface area contributed by atoms with Gasteiger partial charge in [0.2, 0.25) is 5.91 Å². The molecule has 2 N–H and O–H groups in total. The Hall–Kier alpha value is -1.35. The predicted octanol–water partition coefficient (Wildman–Crippen LogP) is 3.02. The summed E-state index contributed by atoms with van der Waals surface area (Å²) in [7, 11) is 0. The van der Waals surface area contributed by atoms with Crippen molar-refractivity contribution in [2.75, 3.05) is 18.4 Å². The number of anilines is 1. The van der Waals surface area contributed by atoms with Gasteiger partial charge in [-0.05, 0) is 75.4 Å². The lowest BCUT2D eigenvalue weighted by molar-refractivity contribution is -0.116. The summed E-state index contributed by atoms with van der Waals surface area (Å²) >= 11 is 0. The lowest BCUT2D eigenvalue weighted by atomic mass is 9.93. The van der Waals surface area contributed by atoms with Gasteiger partial charge in [-0.25, -0.2) is 0 Å². The molecule has 0 unspecified atom stereocenters. The number of carbonyl (C=O) groups excluding carboxylic acids is 1. The second-order valence-corrected chi connectivity index (χ2v) is 5.66. The zero-order chi connectivity index (χ0) is 13.7. The fraction of sp³-hybridized carbons (Fsp3) is 0.562. The Morgan fingerprint density at radius 1 is 1.21 bits per heavy atom. The minimum Gasteiger partial charge on any atom is -0.326 e. The molecule has 1 amide bonds. The van der Waals surface area contributed by atoms with E-state index in [9.17, 15) is 4.79 Å². The summed E-state index contributed by atoms with van der Waals surface area (Å²) in [5, 5.41) is 6.36. The average Bonchev–Trinajstić information content (AvgIpc) is 2.36. The first kappa shape index (κ1) is 14.1. The molecule has 0 spiro atoms. The third-order valence-corrected chi connectivity index (χ3v) is 3.74. The quantitative estimate of drug-likeness (QED) is 0.873. The lowest BCUT2D eigenvalue weighted by Gasteiger charge is -2.22. The van der Waals surface area contributed by atoms with Crippen LogP contribution in [0.1, 0.15) is 36.8 Å². The van der Waals surface area contributed by atoms with Gasteiger partial charge in [0.15, 0.2) is 0 Å². The minimum atomic E-state index is 0.142. The second-order valence-electron chi connectivity index (χ2n) is 5.66. The Balaban J connectivity index is 1.80. The fourth-order valence-electron chi connectivity index (χ4n) is 2.78. The molecule has 0 saturated carbocycles. The van der Waals surface area contributed by atoms with E-state index in [1.54, 1.807) is 0 Å². The standard InChI is InChI=1S/C16H24N2O/c1-12-9-13(2)11-15(10-12)18-16(19)4-3-14-5-7-17-8-6-14/h9-11,14,17H,3-8H2,1-2H3,(H,18,19). The number of hydrogen-bond donors (Lipinski definition) is 2. The molecular formula is C16H24N2O. The van der Waals surface area contributed by atoms with Crippen molar-refractivity contribution in [2.45, 2.75) is 39.5 Å². The van der Waals surface area contributed by atoms with Crippen molar-refractivity contribution in [1.82, 2.24) is 5.32 Å². The number of rotatable bonds is 4. The highest BCUT2D eigenvalue weighted by molar-refractivity contribution is 5.90.